The summed E-state index contributed by atoms with van der Waals surface area (Å²) in [6.45, 7) is 2.40. The fraction of sp³-hybridized carbons (Fsp3) is 0.333. The highest BCUT2D eigenvalue weighted by Gasteiger charge is 2.21. The van der Waals surface area contributed by atoms with E-state index in [2.05, 4.69) is 15.6 Å². The average Bonchev–Trinajstić information content (AvgIpc) is 2.96. The van der Waals surface area contributed by atoms with Crippen LogP contribution in [0.25, 0.3) is 11.3 Å². The largest absolute Gasteiger partial charge is 0.497 e. The number of aromatic nitrogens is 3. The van der Waals surface area contributed by atoms with Crippen LogP contribution in [0.2, 0.25) is 0 Å². The van der Waals surface area contributed by atoms with Gasteiger partial charge in [-0.15, -0.1) is 5.10 Å². The number of amides is 1. The molecule has 2 rings (SSSR count). The number of carboxylic acid groups (broad SMARTS) is 1. The molecule has 0 bridgehead atoms. The van der Waals surface area contributed by atoms with E-state index in [1.165, 1.54) is 4.68 Å². The highest BCUT2D eigenvalue weighted by molar-refractivity contribution is 5.93. The Morgan fingerprint density at radius 3 is 2.57 bits per heavy atom. The van der Waals surface area contributed by atoms with Crippen molar-refractivity contribution in [3.05, 3.63) is 30.0 Å². The number of nitrogens with zero attached hydrogens (tertiary/aromatic N) is 3. The maximum absolute atomic E-state index is 11.9. The molecule has 0 aliphatic heterocycles. The van der Waals surface area contributed by atoms with Crippen LogP contribution in [0.3, 0.4) is 0 Å². The molecule has 23 heavy (non-hydrogen) atoms. The molecular weight excluding hydrogens is 300 g/mol. The molecule has 0 saturated heterocycles. The van der Waals surface area contributed by atoms with Gasteiger partial charge in [-0.2, -0.15) is 0 Å². The molecule has 0 atom stereocenters. The first-order chi connectivity index (χ1) is 11.1. The Hall–Kier alpha value is -2.90. The zero-order valence-electron chi connectivity index (χ0n) is 12.9. The second-order valence-electron chi connectivity index (χ2n) is 4.83. The monoisotopic (exact) mass is 318 g/mol. The van der Waals surface area contributed by atoms with E-state index in [0.717, 1.165) is 6.42 Å². The number of methoxy groups -OCH3 is 1. The highest BCUT2D eigenvalue weighted by Crippen LogP contribution is 2.24. The lowest BCUT2D eigenvalue weighted by Gasteiger charge is -2.08. The lowest BCUT2D eigenvalue weighted by Crippen LogP contribution is -2.28. The van der Waals surface area contributed by atoms with Crippen molar-refractivity contribution in [1.29, 1.82) is 0 Å². The van der Waals surface area contributed by atoms with Crippen molar-refractivity contribution in [2.75, 3.05) is 13.7 Å². The predicted octanol–water partition coefficient (Wildman–Crippen LogP) is 1.18. The van der Waals surface area contributed by atoms with Gasteiger partial charge in [0.05, 0.1) is 7.11 Å². The van der Waals surface area contributed by atoms with E-state index in [1.807, 2.05) is 6.92 Å². The first-order valence-electron chi connectivity index (χ1n) is 7.14. The van der Waals surface area contributed by atoms with Crippen molar-refractivity contribution in [2.45, 2.75) is 19.9 Å². The molecule has 0 unspecified atom stereocenters. The van der Waals surface area contributed by atoms with Crippen molar-refractivity contribution in [3.8, 4) is 17.0 Å². The number of hydrogen-bond acceptors (Lipinski definition) is 5. The number of carboxylic acids is 1. The number of nitrogens with one attached hydrogen (secondary N) is 1. The van der Waals surface area contributed by atoms with Gasteiger partial charge in [0.1, 0.15) is 18.0 Å². The summed E-state index contributed by atoms with van der Waals surface area (Å²) in [5.74, 6) is -0.801. The Labute approximate surface area is 133 Å². The van der Waals surface area contributed by atoms with Gasteiger partial charge in [0.15, 0.2) is 5.69 Å². The summed E-state index contributed by atoms with van der Waals surface area (Å²) >= 11 is 0. The summed E-state index contributed by atoms with van der Waals surface area (Å²) in [6, 6.07) is 6.81. The predicted molar refractivity (Wildman–Crippen MR) is 82.3 cm³/mol. The normalized spacial score (nSPS) is 10.3. The molecule has 8 nitrogen and oxygen atoms in total. The number of rotatable bonds is 7. The van der Waals surface area contributed by atoms with E-state index in [9.17, 15) is 14.7 Å². The standard InChI is InChI=1S/C15H18N4O4/c1-3-8-16-12(20)9-19-14(13(15(21)22)17-18-19)10-4-6-11(23-2)7-5-10/h4-7H,3,8-9H2,1-2H3,(H,16,20)(H,21,22). The van der Waals surface area contributed by atoms with Gasteiger partial charge in [-0.1, -0.05) is 12.1 Å². The molecule has 0 radical (unpaired) electrons. The average molecular weight is 318 g/mol. The van der Waals surface area contributed by atoms with Crippen molar-refractivity contribution >= 4 is 11.9 Å². The Kier molecular flexibility index (Phi) is 5.29. The molecule has 2 aromatic rings. The highest BCUT2D eigenvalue weighted by atomic mass is 16.5. The van der Waals surface area contributed by atoms with E-state index in [0.29, 0.717) is 17.9 Å². The minimum atomic E-state index is -1.20. The Balaban J connectivity index is 2.36. The fourth-order valence-corrected chi connectivity index (χ4v) is 2.06. The molecule has 0 spiro atoms. The van der Waals surface area contributed by atoms with Gasteiger partial charge >= 0.3 is 5.97 Å². The zero-order valence-corrected chi connectivity index (χ0v) is 12.9. The third-order valence-electron chi connectivity index (χ3n) is 3.17. The molecule has 0 aliphatic carbocycles. The number of carbonyl (C=O) groups excluding carboxylic acids is 1. The van der Waals surface area contributed by atoms with Crippen LogP contribution in [-0.4, -0.2) is 45.6 Å². The van der Waals surface area contributed by atoms with Gasteiger partial charge in [0, 0.05) is 12.1 Å². The molecule has 1 aromatic carbocycles. The fourth-order valence-electron chi connectivity index (χ4n) is 2.06. The summed E-state index contributed by atoms with van der Waals surface area (Å²) in [5.41, 5.74) is 0.682. The second-order valence-corrected chi connectivity index (χ2v) is 4.83. The van der Waals surface area contributed by atoms with E-state index in [-0.39, 0.29) is 23.8 Å². The Morgan fingerprint density at radius 2 is 2.00 bits per heavy atom. The molecule has 8 heteroatoms. The number of ether oxygens (including phenoxy) is 1. The van der Waals surface area contributed by atoms with Gasteiger partial charge in [-0.3, -0.25) is 4.79 Å². The number of carbonyl (C=O) groups is 2. The first-order valence-corrected chi connectivity index (χ1v) is 7.14. The van der Waals surface area contributed by atoms with Crippen LogP contribution < -0.4 is 10.1 Å². The van der Waals surface area contributed by atoms with Crippen LogP contribution in [-0.2, 0) is 11.3 Å². The van der Waals surface area contributed by atoms with Crippen molar-refractivity contribution in [2.24, 2.45) is 0 Å². The smallest absolute Gasteiger partial charge is 0.358 e. The molecule has 0 aliphatic rings. The van der Waals surface area contributed by atoms with Gasteiger partial charge in [0.2, 0.25) is 5.91 Å². The summed E-state index contributed by atoms with van der Waals surface area (Å²) in [4.78, 5) is 23.2. The van der Waals surface area contributed by atoms with Crippen LogP contribution in [0.4, 0.5) is 0 Å². The summed E-state index contributed by atoms with van der Waals surface area (Å²) < 4.78 is 6.37. The molecule has 1 amide bonds. The molecule has 2 N–H and O–H groups in total. The van der Waals surface area contributed by atoms with Crippen LogP contribution in [0.15, 0.2) is 24.3 Å². The number of hydrogen-bond donors (Lipinski definition) is 2. The molecule has 122 valence electrons. The minimum absolute atomic E-state index is 0.0956. The van der Waals surface area contributed by atoms with Crippen LogP contribution in [0.5, 0.6) is 5.75 Å². The Morgan fingerprint density at radius 1 is 1.30 bits per heavy atom. The van der Waals surface area contributed by atoms with E-state index < -0.39 is 5.97 Å². The molecule has 0 fully saturated rings. The third kappa shape index (κ3) is 3.85. The SMILES string of the molecule is CCCNC(=O)Cn1nnc(C(=O)O)c1-c1ccc(OC)cc1. The first kappa shape index (κ1) is 16.5. The lowest BCUT2D eigenvalue weighted by molar-refractivity contribution is -0.121. The van der Waals surface area contributed by atoms with Gasteiger partial charge in [-0.25, -0.2) is 9.48 Å². The molecule has 1 aromatic heterocycles. The van der Waals surface area contributed by atoms with Gasteiger partial charge in [-0.05, 0) is 30.7 Å². The van der Waals surface area contributed by atoms with Crippen LogP contribution in [0, 0.1) is 0 Å². The van der Waals surface area contributed by atoms with Crippen LogP contribution >= 0.6 is 0 Å². The van der Waals surface area contributed by atoms with E-state index in [4.69, 9.17) is 4.74 Å². The van der Waals surface area contributed by atoms with Crippen molar-refractivity contribution in [1.82, 2.24) is 20.3 Å². The minimum Gasteiger partial charge on any atom is -0.497 e. The zero-order chi connectivity index (χ0) is 16.8. The van der Waals surface area contributed by atoms with Gasteiger partial charge in [0.25, 0.3) is 0 Å². The summed E-state index contributed by atoms with van der Waals surface area (Å²) in [6.07, 6.45) is 0.814. The van der Waals surface area contributed by atoms with E-state index in [1.54, 1.807) is 31.4 Å². The maximum atomic E-state index is 11.9. The van der Waals surface area contributed by atoms with Crippen molar-refractivity contribution < 1.29 is 19.4 Å². The number of benzene rings is 1. The summed E-state index contributed by atoms with van der Waals surface area (Å²) in [5, 5.41) is 19.5. The molecule has 1 heterocycles. The van der Waals surface area contributed by atoms with Gasteiger partial charge < -0.3 is 15.2 Å². The molecular formula is C15H18N4O4. The number of aromatic carboxylic acids is 1. The van der Waals surface area contributed by atoms with Crippen LogP contribution in [0.1, 0.15) is 23.8 Å². The van der Waals surface area contributed by atoms with Crippen molar-refractivity contribution in [3.63, 3.8) is 0 Å². The maximum Gasteiger partial charge on any atom is 0.358 e. The second kappa shape index (κ2) is 7.39. The topological polar surface area (TPSA) is 106 Å². The Bertz CT molecular complexity index is 694. The molecule has 0 saturated carbocycles. The quantitative estimate of drug-likeness (QED) is 0.794. The third-order valence-corrected chi connectivity index (χ3v) is 3.17. The lowest BCUT2D eigenvalue weighted by atomic mass is 10.1. The summed E-state index contributed by atoms with van der Waals surface area (Å²) in [7, 11) is 1.54. The van der Waals surface area contributed by atoms with E-state index >= 15 is 0 Å².